The van der Waals surface area contributed by atoms with Crippen molar-refractivity contribution in [2.24, 2.45) is 5.92 Å². The highest BCUT2D eigenvalue weighted by atomic mass is 16.3. The van der Waals surface area contributed by atoms with Crippen LogP contribution in [0, 0.1) is 5.92 Å². The first-order valence-corrected chi connectivity index (χ1v) is 4.53. The van der Waals surface area contributed by atoms with Crippen molar-refractivity contribution in [2.45, 2.75) is 26.7 Å². The predicted molar refractivity (Wildman–Crippen MR) is 48.8 cm³/mol. The number of rotatable bonds is 5. The molecule has 0 fully saturated rings. The van der Waals surface area contributed by atoms with Crippen LogP contribution in [-0.4, -0.2) is 36.1 Å². The van der Waals surface area contributed by atoms with Gasteiger partial charge < -0.3 is 10.0 Å². The smallest absolute Gasteiger partial charge is 0.225 e. The molecule has 3 nitrogen and oxygen atoms in total. The molecule has 72 valence electrons. The van der Waals surface area contributed by atoms with E-state index in [2.05, 4.69) is 0 Å². The second-order valence-electron chi connectivity index (χ2n) is 3.00. The van der Waals surface area contributed by atoms with Crippen molar-refractivity contribution in [3.05, 3.63) is 0 Å². The molecule has 0 saturated carbocycles. The van der Waals surface area contributed by atoms with E-state index < -0.39 is 0 Å². The Morgan fingerprint density at radius 2 is 1.92 bits per heavy atom. The van der Waals surface area contributed by atoms with E-state index in [9.17, 15) is 4.79 Å². The van der Waals surface area contributed by atoms with E-state index in [1.165, 1.54) is 0 Å². The van der Waals surface area contributed by atoms with Crippen molar-refractivity contribution in [1.82, 2.24) is 4.90 Å². The van der Waals surface area contributed by atoms with Gasteiger partial charge in [0.15, 0.2) is 0 Å². The fourth-order valence-corrected chi connectivity index (χ4v) is 1.21. The van der Waals surface area contributed by atoms with Gasteiger partial charge in [0.2, 0.25) is 5.91 Å². The molecule has 0 aliphatic heterocycles. The quantitative estimate of drug-likeness (QED) is 0.670. The van der Waals surface area contributed by atoms with Gasteiger partial charge in [-0.1, -0.05) is 13.8 Å². The van der Waals surface area contributed by atoms with Gasteiger partial charge in [-0.05, 0) is 12.8 Å². The van der Waals surface area contributed by atoms with Crippen LogP contribution < -0.4 is 0 Å². The lowest BCUT2D eigenvalue weighted by molar-refractivity contribution is -0.134. The van der Waals surface area contributed by atoms with E-state index in [0.717, 1.165) is 12.8 Å². The lowest BCUT2D eigenvalue weighted by Gasteiger charge is -2.21. The fraction of sp³-hybridized carbons (Fsp3) is 0.889. The summed E-state index contributed by atoms with van der Waals surface area (Å²) in [5.74, 6) is 0.274. The average molecular weight is 173 g/mol. The molecule has 0 spiro atoms. The zero-order valence-corrected chi connectivity index (χ0v) is 8.21. The van der Waals surface area contributed by atoms with Crippen LogP contribution in [0.5, 0.6) is 0 Å². The Morgan fingerprint density at radius 3 is 2.25 bits per heavy atom. The number of likely N-dealkylation sites (N-methyl/N-ethyl adjacent to an activating group) is 1. The van der Waals surface area contributed by atoms with Crippen molar-refractivity contribution < 1.29 is 9.90 Å². The maximum atomic E-state index is 11.5. The van der Waals surface area contributed by atoms with Crippen LogP contribution in [-0.2, 0) is 4.79 Å². The summed E-state index contributed by atoms with van der Waals surface area (Å²) in [5, 5.41) is 8.62. The Labute approximate surface area is 74.4 Å². The third-order valence-electron chi connectivity index (χ3n) is 2.15. The molecule has 3 heteroatoms. The summed E-state index contributed by atoms with van der Waals surface area (Å²) in [6.45, 7) is 4.51. The van der Waals surface area contributed by atoms with E-state index in [1.54, 1.807) is 11.9 Å². The molecule has 0 heterocycles. The molecule has 0 radical (unpaired) electrons. The molecule has 0 bridgehead atoms. The van der Waals surface area contributed by atoms with Gasteiger partial charge in [-0.3, -0.25) is 4.79 Å². The number of aliphatic hydroxyl groups excluding tert-OH is 1. The Hall–Kier alpha value is -0.570. The highest BCUT2D eigenvalue weighted by molar-refractivity contribution is 5.78. The third-order valence-corrected chi connectivity index (χ3v) is 2.15. The standard InChI is InChI=1S/C9H19NO2/c1-4-8(5-2)9(12)10(3)6-7-11/h8,11H,4-7H2,1-3H3. The second kappa shape index (κ2) is 6.00. The summed E-state index contributed by atoms with van der Waals surface area (Å²) in [6, 6.07) is 0. The zero-order valence-electron chi connectivity index (χ0n) is 8.21. The number of carbonyl (C=O) groups excluding carboxylic acids is 1. The van der Waals surface area contributed by atoms with Crippen LogP contribution in [0.2, 0.25) is 0 Å². The zero-order chi connectivity index (χ0) is 9.56. The highest BCUT2D eigenvalue weighted by Gasteiger charge is 2.17. The van der Waals surface area contributed by atoms with Gasteiger partial charge in [0.1, 0.15) is 0 Å². The first-order chi connectivity index (χ1) is 5.67. The maximum Gasteiger partial charge on any atom is 0.225 e. The number of nitrogens with zero attached hydrogens (tertiary/aromatic N) is 1. The van der Waals surface area contributed by atoms with Crippen molar-refractivity contribution in [3.8, 4) is 0 Å². The minimum atomic E-state index is 0.0440. The van der Waals surface area contributed by atoms with Crippen LogP contribution in [0.3, 0.4) is 0 Å². The molecule has 0 rings (SSSR count). The van der Waals surface area contributed by atoms with Gasteiger partial charge in [0.25, 0.3) is 0 Å². The van der Waals surface area contributed by atoms with Gasteiger partial charge >= 0.3 is 0 Å². The van der Waals surface area contributed by atoms with Crippen molar-refractivity contribution >= 4 is 5.91 Å². The number of carbonyl (C=O) groups is 1. The number of hydrogen-bond donors (Lipinski definition) is 1. The van der Waals surface area contributed by atoms with Crippen molar-refractivity contribution in [1.29, 1.82) is 0 Å². The minimum Gasteiger partial charge on any atom is -0.395 e. The summed E-state index contributed by atoms with van der Waals surface area (Å²) < 4.78 is 0. The van der Waals surface area contributed by atoms with Crippen molar-refractivity contribution in [2.75, 3.05) is 20.2 Å². The topological polar surface area (TPSA) is 40.5 Å². The molecule has 0 saturated heterocycles. The molecular formula is C9H19NO2. The minimum absolute atomic E-state index is 0.0440. The van der Waals surface area contributed by atoms with Crippen LogP contribution in [0.25, 0.3) is 0 Å². The van der Waals surface area contributed by atoms with Crippen molar-refractivity contribution in [3.63, 3.8) is 0 Å². The SMILES string of the molecule is CCC(CC)C(=O)N(C)CCO. The number of hydrogen-bond acceptors (Lipinski definition) is 2. The van der Waals surface area contributed by atoms with Gasteiger partial charge in [0, 0.05) is 19.5 Å². The average Bonchev–Trinajstić information content (AvgIpc) is 2.07. The van der Waals surface area contributed by atoms with E-state index in [4.69, 9.17) is 5.11 Å². The molecule has 0 aliphatic rings. The fourth-order valence-electron chi connectivity index (χ4n) is 1.21. The molecule has 0 aromatic rings. The van der Waals surface area contributed by atoms with Gasteiger partial charge in [-0.25, -0.2) is 0 Å². The van der Waals surface area contributed by atoms with Crippen LogP contribution in [0.15, 0.2) is 0 Å². The first-order valence-electron chi connectivity index (χ1n) is 4.53. The van der Waals surface area contributed by atoms with Crippen LogP contribution in [0.4, 0.5) is 0 Å². The molecule has 1 N–H and O–H groups in total. The Kier molecular flexibility index (Phi) is 5.72. The van der Waals surface area contributed by atoms with Gasteiger partial charge in [0.05, 0.1) is 6.61 Å². The predicted octanol–water partition coefficient (Wildman–Crippen LogP) is 0.873. The summed E-state index contributed by atoms with van der Waals surface area (Å²) in [7, 11) is 1.73. The molecule has 0 unspecified atom stereocenters. The van der Waals surface area contributed by atoms with Crippen LogP contribution >= 0.6 is 0 Å². The lowest BCUT2D eigenvalue weighted by atomic mass is 10.0. The normalized spacial score (nSPS) is 10.4. The highest BCUT2D eigenvalue weighted by Crippen LogP contribution is 2.10. The lowest BCUT2D eigenvalue weighted by Crippen LogP contribution is -2.34. The summed E-state index contributed by atoms with van der Waals surface area (Å²) in [6.07, 6.45) is 1.76. The molecule has 0 aromatic heterocycles. The van der Waals surface area contributed by atoms with E-state index in [1.807, 2.05) is 13.8 Å². The maximum absolute atomic E-state index is 11.5. The Morgan fingerprint density at radius 1 is 1.42 bits per heavy atom. The van der Waals surface area contributed by atoms with E-state index in [-0.39, 0.29) is 18.4 Å². The Bertz CT molecular complexity index is 132. The largest absolute Gasteiger partial charge is 0.395 e. The summed E-state index contributed by atoms with van der Waals surface area (Å²) in [5.41, 5.74) is 0. The van der Waals surface area contributed by atoms with Gasteiger partial charge in [-0.2, -0.15) is 0 Å². The van der Waals surface area contributed by atoms with E-state index in [0.29, 0.717) is 6.54 Å². The van der Waals surface area contributed by atoms with Crippen LogP contribution in [0.1, 0.15) is 26.7 Å². The first kappa shape index (κ1) is 11.4. The monoisotopic (exact) mass is 173 g/mol. The molecule has 1 amide bonds. The molecule has 12 heavy (non-hydrogen) atoms. The number of amides is 1. The second-order valence-corrected chi connectivity index (χ2v) is 3.00. The van der Waals surface area contributed by atoms with Gasteiger partial charge in [-0.15, -0.1) is 0 Å². The summed E-state index contributed by atoms with van der Waals surface area (Å²) >= 11 is 0. The summed E-state index contributed by atoms with van der Waals surface area (Å²) in [4.78, 5) is 13.1. The Balaban J connectivity index is 3.97. The molecule has 0 atom stereocenters. The van der Waals surface area contributed by atoms with E-state index >= 15 is 0 Å². The molecular weight excluding hydrogens is 154 g/mol. The molecule has 0 aliphatic carbocycles. The third kappa shape index (κ3) is 3.22. The molecule has 0 aromatic carbocycles. The number of aliphatic hydroxyl groups is 1.